The molecule has 0 heterocycles. The van der Waals surface area contributed by atoms with Gasteiger partial charge in [0.15, 0.2) is 0 Å². The van der Waals surface area contributed by atoms with E-state index in [9.17, 15) is 21.4 Å². The van der Waals surface area contributed by atoms with Gasteiger partial charge in [0.25, 0.3) is 10.1 Å². The van der Waals surface area contributed by atoms with Gasteiger partial charge in [0.2, 0.25) is 0 Å². The molecule has 1 aromatic rings. The van der Waals surface area contributed by atoms with Crippen molar-refractivity contribution in [2.45, 2.75) is 4.90 Å². The number of rotatable bonds is 1. The van der Waals surface area contributed by atoms with E-state index in [1.165, 1.54) is 12.1 Å². The second-order valence-electron chi connectivity index (χ2n) is 2.72. The van der Waals surface area contributed by atoms with Crippen LogP contribution in [0.2, 0.25) is 0 Å². The molecule has 0 saturated heterocycles. The Kier molecular flexibility index (Phi) is 23.5. The fraction of sp³-hybridized carbons (Fsp3) is 0. The molecule has 17 heteroatoms. The number of hydrogen-bond donors (Lipinski definition) is 7. The average Bonchev–Trinajstić information content (AvgIpc) is 2.26. The topological polar surface area (TPSA) is 176 Å². The molecule has 7 N–H and O–H groups in total. The summed E-state index contributed by atoms with van der Waals surface area (Å²) in [6.45, 7) is 0. The molecule has 1 rings (SSSR count). The molecule has 23 heavy (non-hydrogen) atoms. The van der Waals surface area contributed by atoms with E-state index in [0.717, 1.165) is 0 Å². The van der Waals surface area contributed by atoms with Crippen molar-refractivity contribution in [1.29, 1.82) is 0 Å². The molecule has 1 aromatic carbocycles. The van der Waals surface area contributed by atoms with Crippen LogP contribution in [0, 0.1) is 0 Å². The predicted molar refractivity (Wildman–Crippen MR) is 71.3 cm³/mol. The Morgan fingerprint density at radius 1 is 0.783 bits per heavy atom. The monoisotopic (exact) mass is 358 g/mol. The van der Waals surface area contributed by atoms with E-state index in [1.807, 2.05) is 0 Å². The quantitative estimate of drug-likeness (QED) is 0.191. The predicted octanol–water partition coefficient (Wildman–Crippen LogP) is -5.17. The minimum absolute atomic E-state index is 0. The van der Waals surface area contributed by atoms with E-state index in [0.29, 0.717) is 0 Å². The maximum atomic E-state index is 10.4. The van der Waals surface area contributed by atoms with Crippen molar-refractivity contribution in [2.75, 3.05) is 0 Å². The first-order chi connectivity index (χ1) is 9.80. The van der Waals surface area contributed by atoms with Gasteiger partial charge in [0.1, 0.15) is 0 Å². The number of hydrogen-bond acceptors (Lipinski definition) is 8. The van der Waals surface area contributed by atoms with E-state index in [-0.39, 0.29) is 25.2 Å². The van der Waals surface area contributed by atoms with Gasteiger partial charge in [0.05, 0.1) is 4.90 Å². The third kappa shape index (κ3) is 44.9. The average molecular weight is 358 g/mol. The Morgan fingerprint density at radius 2 is 1.00 bits per heavy atom. The van der Waals surface area contributed by atoms with Crippen molar-refractivity contribution in [3.8, 4) is 0 Å². The van der Waals surface area contributed by atoms with E-state index in [4.69, 9.17) is 34.7 Å². The molecule has 128 valence electrons. The molecule has 0 aliphatic rings. The van der Waals surface area contributed by atoms with Gasteiger partial charge in [0, 0.05) is 0 Å². The van der Waals surface area contributed by atoms with Crippen molar-refractivity contribution in [1.82, 2.24) is 0 Å². The van der Waals surface area contributed by atoms with Crippen LogP contribution in [0.1, 0.15) is 1.43 Å². The van der Waals surface area contributed by atoms with Crippen LogP contribution in [0.15, 0.2) is 35.2 Å². The minimum atomic E-state index is -4.00. The first-order valence-corrected chi connectivity index (χ1v) is 6.27. The van der Waals surface area contributed by atoms with Gasteiger partial charge < -0.3 is 31.6 Å². The Balaban J connectivity index is -0.0000000737. The van der Waals surface area contributed by atoms with Crippen LogP contribution >= 0.6 is 0 Å². The second kappa shape index (κ2) is 17.8. The first-order valence-electron chi connectivity index (χ1n) is 4.83. The Hall–Kier alpha value is -0.528. The fourth-order valence-corrected chi connectivity index (χ4v) is 1.09. The smallest absolute Gasteiger partial charge is 1.00 e. The molecule has 0 fully saturated rings. The summed E-state index contributed by atoms with van der Waals surface area (Å²) in [7, 11) is -12.0. The first kappa shape index (κ1) is 30.4. The molecule has 0 bridgehead atoms. The molecule has 0 amide bonds. The zero-order chi connectivity index (χ0) is 18.3. The van der Waals surface area contributed by atoms with Crippen molar-refractivity contribution in [3.63, 3.8) is 0 Å². The summed E-state index contributed by atoms with van der Waals surface area (Å²) in [5, 5.41) is 41.7. The van der Waals surface area contributed by atoms with Crippen LogP contribution in [-0.4, -0.2) is 65.3 Å². The maximum absolute atomic E-state index is 10.4. The molecular weight excluding hydrogens is 344 g/mol. The maximum Gasteiger partial charge on any atom is 1.00 e. The molecule has 0 aliphatic heterocycles. The van der Waals surface area contributed by atoms with Crippen molar-refractivity contribution >= 4 is 32.3 Å². The third-order valence-electron chi connectivity index (χ3n) is 1.04. The summed E-state index contributed by atoms with van der Waals surface area (Å²) in [4.78, 5) is -0.0741. The van der Waals surface area contributed by atoms with Crippen LogP contribution < -0.4 is 18.9 Å². The SMILES string of the molecule is O=S(=O)(O)c1ccccc1.OB(O)F.OB(O)F.OB(O)F.[H-].[Li+]. The summed E-state index contributed by atoms with van der Waals surface area (Å²) < 4.78 is 59.6. The summed E-state index contributed by atoms with van der Waals surface area (Å²) >= 11 is 0. The zero-order valence-corrected chi connectivity index (χ0v) is 12.4. The van der Waals surface area contributed by atoms with Gasteiger partial charge in [-0.25, -0.2) is 0 Å². The van der Waals surface area contributed by atoms with Gasteiger partial charge in [-0.3, -0.25) is 17.5 Å². The second-order valence-corrected chi connectivity index (χ2v) is 4.14. The largest absolute Gasteiger partial charge is 1.00 e. The minimum Gasteiger partial charge on any atom is -1.00 e. The van der Waals surface area contributed by atoms with Gasteiger partial charge >= 0.3 is 41.0 Å². The summed E-state index contributed by atoms with van der Waals surface area (Å²) in [6.07, 6.45) is 0. The van der Waals surface area contributed by atoms with Crippen molar-refractivity contribution < 1.29 is 76.3 Å². The number of halogens is 3. The Morgan fingerprint density at radius 3 is 1.13 bits per heavy atom. The molecular formula is C6H13B3F3LiO9S. The molecule has 9 nitrogen and oxygen atoms in total. The van der Waals surface area contributed by atoms with E-state index in [2.05, 4.69) is 0 Å². The standard InChI is InChI=1S/C6H6O3S.3BFH2O2.Li.H/c7-10(8,9)6-4-2-1-3-5-6;3*2-1(3)4;;/h1-5H,(H,7,8,9);3*3-4H;;/q;;;;+1;-1. The summed E-state index contributed by atoms with van der Waals surface area (Å²) in [5.41, 5.74) is 0. The van der Waals surface area contributed by atoms with Crippen LogP contribution in [0.3, 0.4) is 0 Å². The molecule has 0 unspecified atom stereocenters. The third-order valence-corrected chi connectivity index (χ3v) is 1.91. The fourth-order valence-electron chi connectivity index (χ4n) is 0.592. The number of benzene rings is 1. The molecule has 0 radical (unpaired) electrons. The molecule has 0 atom stereocenters. The van der Waals surface area contributed by atoms with Crippen molar-refractivity contribution in [2.24, 2.45) is 0 Å². The van der Waals surface area contributed by atoms with Gasteiger partial charge in [-0.1, -0.05) is 18.2 Å². The van der Waals surface area contributed by atoms with E-state index >= 15 is 0 Å². The van der Waals surface area contributed by atoms with E-state index < -0.39 is 32.3 Å². The normalized spacial score (nSPS) is 8.43. The zero-order valence-electron chi connectivity index (χ0n) is 12.6. The molecule has 0 aromatic heterocycles. The van der Waals surface area contributed by atoms with Crippen molar-refractivity contribution in [3.05, 3.63) is 30.3 Å². The van der Waals surface area contributed by atoms with Gasteiger partial charge in [-0.2, -0.15) is 8.42 Å². The molecule has 0 saturated carbocycles. The summed E-state index contributed by atoms with van der Waals surface area (Å²) in [6, 6.07) is 7.42. The van der Waals surface area contributed by atoms with E-state index in [1.54, 1.807) is 18.2 Å². The Bertz CT molecular complexity index is 437. The van der Waals surface area contributed by atoms with Gasteiger partial charge in [-0.05, 0) is 12.1 Å². The summed E-state index contributed by atoms with van der Waals surface area (Å²) in [5.74, 6) is 0. The Labute approximate surface area is 144 Å². The molecule has 0 aliphatic carbocycles. The van der Waals surface area contributed by atoms with Crippen LogP contribution in [0.4, 0.5) is 12.9 Å². The van der Waals surface area contributed by atoms with Gasteiger partial charge in [-0.15, -0.1) is 0 Å². The van der Waals surface area contributed by atoms with Crippen LogP contribution in [-0.2, 0) is 10.1 Å². The molecule has 0 spiro atoms. The van der Waals surface area contributed by atoms with Crippen LogP contribution in [0.25, 0.3) is 0 Å². The van der Waals surface area contributed by atoms with Crippen LogP contribution in [0.5, 0.6) is 0 Å².